The Morgan fingerprint density at radius 2 is 2.18 bits per heavy atom. The molecule has 3 aromatic heterocycles. The highest BCUT2D eigenvalue weighted by molar-refractivity contribution is 7.20. The van der Waals surface area contributed by atoms with Crippen molar-refractivity contribution >= 4 is 44.8 Å². The molecule has 5 nitrogen and oxygen atoms in total. The van der Waals surface area contributed by atoms with E-state index in [-0.39, 0.29) is 39.4 Å². The molecule has 1 aliphatic heterocycles. The van der Waals surface area contributed by atoms with Gasteiger partial charge in [0.15, 0.2) is 0 Å². The second-order valence-electron chi connectivity index (χ2n) is 6.12. The fourth-order valence-corrected chi connectivity index (χ4v) is 4.76. The number of thiophene rings is 2. The third kappa shape index (κ3) is 3.26. The largest absolute Gasteiger partial charge is 0.463 e. The molecular weight excluding hydrogens is 415 g/mol. The van der Waals surface area contributed by atoms with Gasteiger partial charge in [-0.15, -0.1) is 22.7 Å². The predicted octanol–water partition coefficient (Wildman–Crippen LogP) is 4.82. The van der Waals surface area contributed by atoms with Crippen LogP contribution in [0.4, 0.5) is 13.2 Å². The van der Waals surface area contributed by atoms with E-state index >= 15 is 0 Å². The standard InChI is InChI=1S/C18H12F3NO4S2/c1-8-13-9(18(19,20)21)7-10(12-3-2-6-27-12)22-15(13)28-14(8)17(24)26-11-4-5-25-16(11)23/h2-3,6-7,11H,4-5H2,1H3/t11-/m1/s1. The molecule has 146 valence electrons. The fraction of sp³-hybridized carbons (Fsp3) is 0.278. The van der Waals surface area contributed by atoms with Gasteiger partial charge < -0.3 is 9.47 Å². The van der Waals surface area contributed by atoms with Crippen LogP contribution in [-0.4, -0.2) is 29.6 Å². The monoisotopic (exact) mass is 427 g/mol. The van der Waals surface area contributed by atoms with Crippen molar-refractivity contribution in [2.24, 2.45) is 0 Å². The molecule has 0 spiro atoms. The Kier molecular flexibility index (Phi) is 4.62. The van der Waals surface area contributed by atoms with Crippen LogP contribution < -0.4 is 0 Å². The van der Waals surface area contributed by atoms with Crippen molar-refractivity contribution in [3.8, 4) is 10.6 Å². The molecule has 0 radical (unpaired) electrons. The molecule has 1 atom stereocenters. The van der Waals surface area contributed by atoms with E-state index in [1.807, 2.05) is 0 Å². The summed E-state index contributed by atoms with van der Waals surface area (Å²) in [6, 6.07) is 4.40. The van der Waals surface area contributed by atoms with Crippen LogP contribution in [0.15, 0.2) is 23.6 Å². The number of nitrogens with zero attached hydrogens (tertiary/aromatic N) is 1. The Morgan fingerprint density at radius 3 is 2.79 bits per heavy atom. The Balaban J connectivity index is 1.82. The van der Waals surface area contributed by atoms with E-state index in [9.17, 15) is 22.8 Å². The van der Waals surface area contributed by atoms with Gasteiger partial charge in [0, 0.05) is 11.8 Å². The number of fused-ring (bicyclic) bond motifs is 1. The topological polar surface area (TPSA) is 65.5 Å². The van der Waals surface area contributed by atoms with Crippen LogP contribution in [0.25, 0.3) is 20.8 Å². The third-order valence-electron chi connectivity index (χ3n) is 4.30. The van der Waals surface area contributed by atoms with Gasteiger partial charge in [-0.05, 0) is 30.0 Å². The number of carbonyl (C=O) groups excluding carboxylic acids is 2. The molecule has 0 N–H and O–H groups in total. The number of alkyl halides is 3. The Bertz CT molecular complexity index is 1070. The summed E-state index contributed by atoms with van der Waals surface area (Å²) < 4.78 is 51.0. The van der Waals surface area contributed by atoms with Crippen LogP contribution in [0.2, 0.25) is 0 Å². The average molecular weight is 427 g/mol. The van der Waals surface area contributed by atoms with Gasteiger partial charge in [0.1, 0.15) is 9.71 Å². The number of halogens is 3. The first-order valence-corrected chi connectivity index (χ1v) is 9.88. The molecule has 10 heteroatoms. The SMILES string of the molecule is Cc1c(C(=O)O[C@@H]2CCOC2=O)sc2nc(-c3cccs3)cc(C(F)(F)F)c12. The number of rotatable bonds is 3. The zero-order valence-corrected chi connectivity index (χ0v) is 16.0. The zero-order valence-electron chi connectivity index (χ0n) is 14.3. The van der Waals surface area contributed by atoms with Gasteiger partial charge in [0.05, 0.1) is 22.7 Å². The summed E-state index contributed by atoms with van der Waals surface area (Å²) in [5.74, 6) is -1.50. The van der Waals surface area contributed by atoms with Crippen LogP contribution in [0.3, 0.4) is 0 Å². The third-order valence-corrected chi connectivity index (χ3v) is 6.36. The van der Waals surface area contributed by atoms with Crippen LogP contribution in [0.5, 0.6) is 0 Å². The second-order valence-corrected chi connectivity index (χ2v) is 8.06. The first-order chi connectivity index (χ1) is 13.3. The Hall–Kier alpha value is -2.46. The minimum absolute atomic E-state index is 0.00368. The van der Waals surface area contributed by atoms with Crippen molar-refractivity contribution in [3.63, 3.8) is 0 Å². The molecule has 0 aromatic carbocycles. The summed E-state index contributed by atoms with van der Waals surface area (Å²) in [5.41, 5.74) is -0.529. The molecule has 4 rings (SSSR count). The minimum Gasteiger partial charge on any atom is -0.463 e. The zero-order chi connectivity index (χ0) is 20.1. The van der Waals surface area contributed by atoms with Crippen molar-refractivity contribution in [1.82, 2.24) is 4.98 Å². The highest BCUT2D eigenvalue weighted by atomic mass is 32.1. The van der Waals surface area contributed by atoms with Gasteiger partial charge in [-0.3, -0.25) is 0 Å². The van der Waals surface area contributed by atoms with E-state index in [0.29, 0.717) is 4.88 Å². The van der Waals surface area contributed by atoms with Crippen LogP contribution in [0, 0.1) is 6.92 Å². The Labute approximate surface area is 164 Å². The number of hydrogen-bond acceptors (Lipinski definition) is 7. The lowest BCUT2D eigenvalue weighted by Crippen LogP contribution is -2.22. The lowest BCUT2D eigenvalue weighted by molar-refractivity contribution is -0.145. The number of esters is 2. The molecule has 0 amide bonds. The number of pyridine rings is 1. The van der Waals surface area contributed by atoms with E-state index in [2.05, 4.69) is 4.98 Å². The van der Waals surface area contributed by atoms with Crippen molar-refractivity contribution in [2.75, 3.05) is 6.61 Å². The number of ether oxygens (including phenoxy) is 2. The summed E-state index contributed by atoms with van der Waals surface area (Å²) in [7, 11) is 0. The first-order valence-electron chi connectivity index (χ1n) is 8.18. The molecule has 0 saturated carbocycles. The summed E-state index contributed by atoms with van der Waals surface area (Å²) >= 11 is 2.10. The first kappa shape index (κ1) is 18.9. The number of carbonyl (C=O) groups is 2. The van der Waals surface area contributed by atoms with Crippen LogP contribution in [-0.2, 0) is 20.4 Å². The molecule has 3 aromatic rings. The molecule has 4 heterocycles. The van der Waals surface area contributed by atoms with Crippen LogP contribution >= 0.6 is 22.7 Å². The van der Waals surface area contributed by atoms with E-state index < -0.39 is 29.8 Å². The van der Waals surface area contributed by atoms with Crippen molar-refractivity contribution in [2.45, 2.75) is 25.6 Å². The maximum Gasteiger partial charge on any atom is 0.417 e. The van der Waals surface area contributed by atoms with Crippen molar-refractivity contribution in [1.29, 1.82) is 0 Å². The van der Waals surface area contributed by atoms with E-state index in [4.69, 9.17) is 9.47 Å². The summed E-state index contributed by atoms with van der Waals surface area (Å²) in [5, 5.41) is 1.62. The Morgan fingerprint density at radius 1 is 1.39 bits per heavy atom. The van der Waals surface area contributed by atoms with E-state index in [1.165, 1.54) is 18.3 Å². The van der Waals surface area contributed by atoms with Gasteiger partial charge in [-0.25, -0.2) is 14.6 Å². The summed E-state index contributed by atoms with van der Waals surface area (Å²) in [4.78, 5) is 29.0. The highest BCUT2D eigenvalue weighted by Crippen LogP contribution is 2.42. The molecule has 28 heavy (non-hydrogen) atoms. The van der Waals surface area contributed by atoms with Crippen molar-refractivity contribution < 1.29 is 32.2 Å². The maximum atomic E-state index is 13.7. The molecular formula is C18H12F3NO4S2. The van der Waals surface area contributed by atoms with E-state index in [1.54, 1.807) is 17.5 Å². The second kappa shape index (κ2) is 6.85. The number of hydrogen-bond donors (Lipinski definition) is 0. The normalized spacial score (nSPS) is 17.1. The lowest BCUT2D eigenvalue weighted by Gasteiger charge is -2.11. The van der Waals surface area contributed by atoms with Gasteiger partial charge in [-0.2, -0.15) is 13.2 Å². The molecule has 0 bridgehead atoms. The smallest absolute Gasteiger partial charge is 0.417 e. The molecule has 1 aliphatic rings. The highest BCUT2D eigenvalue weighted by Gasteiger charge is 2.37. The fourth-order valence-electron chi connectivity index (χ4n) is 2.98. The van der Waals surface area contributed by atoms with Gasteiger partial charge in [-0.1, -0.05) is 6.07 Å². The van der Waals surface area contributed by atoms with Gasteiger partial charge in [0.25, 0.3) is 0 Å². The van der Waals surface area contributed by atoms with Gasteiger partial charge in [0.2, 0.25) is 6.10 Å². The lowest BCUT2D eigenvalue weighted by atomic mass is 10.1. The number of cyclic esters (lactones) is 1. The van der Waals surface area contributed by atoms with Gasteiger partial charge >= 0.3 is 18.1 Å². The predicted molar refractivity (Wildman–Crippen MR) is 97.5 cm³/mol. The molecule has 0 unspecified atom stereocenters. The molecule has 0 aliphatic carbocycles. The summed E-state index contributed by atoms with van der Waals surface area (Å²) in [6.07, 6.45) is -5.42. The van der Waals surface area contributed by atoms with E-state index in [0.717, 1.165) is 17.4 Å². The minimum atomic E-state index is -4.62. The number of aryl methyl sites for hydroxylation is 1. The van der Waals surface area contributed by atoms with Crippen LogP contribution in [0.1, 0.15) is 27.2 Å². The molecule has 1 saturated heterocycles. The molecule has 1 fully saturated rings. The number of aromatic nitrogens is 1. The maximum absolute atomic E-state index is 13.7. The summed E-state index contributed by atoms with van der Waals surface area (Å²) in [6.45, 7) is 1.57. The quantitative estimate of drug-likeness (QED) is 0.561. The van der Waals surface area contributed by atoms with Crippen molar-refractivity contribution in [3.05, 3.63) is 39.6 Å². The average Bonchev–Trinajstić information content (AvgIpc) is 3.35.